The molecule has 0 aromatic rings. The molecule has 2 heteroatoms. The lowest BCUT2D eigenvalue weighted by atomic mass is 9.79. The van der Waals surface area contributed by atoms with Gasteiger partial charge >= 0.3 is 0 Å². The highest BCUT2D eigenvalue weighted by Gasteiger charge is 2.25. The van der Waals surface area contributed by atoms with Crippen LogP contribution in [-0.2, 0) is 0 Å². The molecule has 2 saturated carbocycles. The molecule has 0 heterocycles. The third-order valence-corrected chi connectivity index (χ3v) is 5.16. The summed E-state index contributed by atoms with van der Waals surface area (Å²) in [6.07, 6.45) is 10.1. The summed E-state index contributed by atoms with van der Waals surface area (Å²) in [5.41, 5.74) is 0. The Bertz CT molecular complexity index is 233. The summed E-state index contributed by atoms with van der Waals surface area (Å²) < 4.78 is 0. The third-order valence-electron chi connectivity index (χ3n) is 5.16. The average Bonchev–Trinajstić information content (AvgIpc) is 2.37. The normalized spacial score (nSPS) is 38.0. The largest absolute Gasteiger partial charge is 0.393 e. The van der Waals surface area contributed by atoms with Crippen molar-refractivity contribution in [3.8, 4) is 0 Å². The predicted molar refractivity (Wildman–Crippen MR) is 76.6 cm³/mol. The highest BCUT2D eigenvalue weighted by molar-refractivity contribution is 4.81. The van der Waals surface area contributed by atoms with Gasteiger partial charge < -0.3 is 10.4 Å². The molecule has 2 nitrogen and oxygen atoms in total. The summed E-state index contributed by atoms with van der Waals surface area (Å²) in [7, 11) is 0. The van der Waals surface area contributed by atoms with Crippen LogP contribution in [0.25, 0.3) is 0 Å². The smallest absolute Gasteiger partial charge is 0.0543 e. The van der Waals surface area contributed by atoms with Crippen LogP contribution in [0.3, 0.4) is 0 Å². The molecular formula is C16H31NO. The highest BCUT2D eigenvalue weighted by atomic mass is 16.3. The van der Waals surface area contributed by atoms with Gasteiger partial charge in [0.15, 0.2) is 0 Å². The van der Waals surface area contributed by atoms with Gasteiger partial charge in [-0.2, -0.15) is 0 Å². The van der Waals surface area contributed by atoms with Crippen LogP contribution in [0.5, 0.6) is 0 Å². The van der Waals surface area contributed by atoms with Crippen LogP contribution in [0, 0.1) is 17.8 Å². The first-order valence-corrected chi connectivity index (χ1v) is 8.06. The van der Waals surface area contributed by atoms with Crippen molar-refractivity contribution in [3.63, 3.8) is 0 Å². The number of hydrogen-bond acceptors (Lipinski definition) is 2. The van der Waals surface area contributed by atoms with Crippen molar-refractivity contribution in [3.05, 3.63) is 0 Å². The second-order valence-corrected chi connectivity index (χ2v) is 6.95. The number of aliphatic hydroxyl groups excluding tert-OH is 1. The van der Waals surface area contributed by atoms with Crippen molar-refractivity contribution in [1.29, 1.82) is 0 Å². The molecule has 0 aliphatic heterocycles. The van der Waals surface area contributed by atoms with E-state index in [1.165, 1.54) is 38.5 Å². The molecule has 0 aromatic carbocycles. The minimum atomic E-state index is -0.0257. The lowest BCUT2D eigenvalue weighted by Crippen LogP contribution is -2.38. The molecule has 2 N–H and O–H groups in total. The van der Waals surface area contributed by atoms with E-state index < -0.39 is 0 Å². The molecule has 0 amide bonds. The first-order chi connectivity index (χ1) is 8.65. The molecule has 2 aliphatic carbocycles. The number of nitrogens with one attached hydrogen (secondary N) is 1. The number of hydrogen-bond donors (Lipinski definition) is 2. The second kappa shape index (κ2) is 6.91. The van der Waals surface area contributed by atoms with E-state index in [0.717, 1.165) is 43.2 Å². The van der Waals surface area contributed by atoms with Crippen LogP contribution >= 0.6 is 0 Å². The molecule has 2 unspecified atom stereocenters. The maximum atomic E-state index is 9.68. The Kier molecular flexibility index (Phi) is 5.50. The lowest BCUT2D eigenvalue weighted by molar-refractivity contribution is 0.0982. The van der Waals surface area contributed by atoms with Gasteiger partial charge in [-0.3, -0.25) is 0 Å². The van der Waals surface area contributed by atoms with Gasteiger partial charge in [-0.05, 0) is 69.2 Å². The van der Waals surface area contributed by atoms with Crippen molar-refractivity contribution >= 4 is 0 Å². The summed E-state index contributed by atoms with van der Waals surface area (Å²) in [4.78, 5) is 0. The van der Waals surface area contributed by atoms with E-state index in [1.807, 2.05) is 0 Å². The Labute approximate surface area is 113 Å². The van der Waals surface area contributed by atoms with Crippen LogP contribution in [0.15, 0.2) is 0 Å². The molecule has 2 rings (SSSR count). The standard InChI is InChI=1S/C16H31NO/c1-12(2)14-6-8-15(9-7-14)17-11-13-4-3-5-16(18)10-13/h12-18H,3-11H2,1-2H3. The van der Waals surface area contributed by atoms with E-state index in [1.54, 1.807) is 0 Å². The van der Waals surface area contributed by atoms with E-state index in [0.29, 0.717) is 0 Å². The molecule has 0 bridgehead atoms. The van der Waals surface area contributed by atoms with E-state index in [-0.39, 0.29) is 6.10 Å². The van der Waals surface area contributed by atoms with Crippen LogP contribution in [0.4, 0.5) is 0 Å². The second-order valence-electron chi connectivity index (χ2n) is 6.95. The fourth-order valence-corrected chi connectivity index (χ4v) is 3.77. The van der Waals surface area contributed by atoms with Crippen LogP contribution in [0.2, 0.25) is 0 Å². The first-order valence-electron chi connectivity index (χ1n) is 8.06. The van der Waals surface area contributed by atoms with Crippen LogP contribution in [-0.4, -0.2) is 23.8 Å². The van der Waals surface area contributed by atoms with Crippen molar-refractivity contribution in [2.75, 3.05) is 6.54 Å². The van der Waals surface area contributed by atoms with Crippen LogP contribution in [0.1, 0.15) is 65.2 Å². The molecule has 106 valence electrons. The van der Waals surface area contributed by atoms with Gasteiger partial charge in [0.2, 0.25) is 0 Å². The molecule has 0 aromatic heterocycles. The monoisotopic (exact) mass is 253 g/mol. The molecule has 0 saturated heterocycles. The quantitative estimate of drug-likeness (QED) is 0.805. The SMILES string of the molecule is CC(C)C1CCC(NCC2CCCC(O)C2)CC1. The molecule has 0 radical (unpaired) electrons. The van der Waals surface area contributed by atoms with Crippen molar-refractivity contribution in [2.24, 2.45) is 17.8 Å². The van der Waals surface area contributed by atoms with E-state index in [2.05, 4.69) is 19.2 Å². The van der Waals surface area contributed by atoms with Crippen molar-refractivity contribution in [1.82, 2.24) is 5.32 Å². The van der Waals surface area contributed by atoms with Gasteiger partial charge in [0.1, 0.15) is 0 Å². The molecule has 2 fully saturated rings. The maximum Gasteiger partial charge on any atom is 0.0543 e. The molecular weight excluding hydrogens is 222 g/mol. The van der Waals surface area contributed by atoms with E-state index >= 15 is 0 Å². The highest BCUT2D eigenvalue weighted by Crippen LogP contribution is 2.30. The molecule has 0 spiro atoms. The van der Waals surface area contributed by atoms with E-state index in [9.17, 15) is 5.11 Å². The Morgan fingerprint density at radius 3 is 2.39 bits per heavy atom. The van der Waals surface area contributed by atoms with Crippen LogP contribution < -0.4 is 5.32 Å². The summed E-state index contributed by atoms with van der Waals surface area (Å²) in [6.45, 7) is 5.86. The predicted octanol–water partition coefficient (Wildman–Crippen LogP) is 3.34. The van der Waals surface area contributed by atoms with Gasteiger partial charge in [-0.15, -0.1) is 0 Å². The van der Waals surface area contributed by atoms with Gasteiger partial charge in [-0.1, -0.05) is 20.3 Å². The van der Waals surface area contributed by atoms with Crippen molar-refractivity contribution in [2.45, 2.75) is 77.4 Å². The Morgan fingerprint density at radius 2 is 1.78 bits per heavy atom. The molecule has 2 atom stereocenters. The fourth-order valence-electron chi connectivity index (χ4n) is 3.77. The average molecular weight is 253 g/mol. The minimum Gasteiger partial charge on any atom is -0.393 e. The first kappa shape index (κ1) is 14.3. The van der Waals surface area contributed by atoms with Crippen molar-refractivity contribution < 1.29 is 5.11 Å². The number of aliphatic hydroxyl groups is 1. The summed E-state index contributed by atoms with van der Waals surface area (Å²) in [6, 6.07) is 0.749. The summed E-state index contributed by atoms with van der Waals surface area (Å²) in [5, 5.41) is 13.4. The van der Waals surface area contributed by atoms with Gasteiger partial charge in [0, 0.05) is 6.04 Å². The zero-order valence-electron chi connectivity index (χ0n) is 12.2. The topological polar surface area (TPSA) is 32.3 Å². The molecule has 2 aliphatic rings. The summed E-state index contributed by atoms with van der Waals surface area (Å²) >= 11 is 0. The summed E-state index contributed by atoms with van der Waals surface area (Å²) in [5.74, 6) is 2.54. The molecule has 18 heavy (non-hydrogen) atoms. The van der Waals surface area contributed by atoms with E-state index in [4.69, 9.17) is 0 Å². The zero-order valence-corrected chi connectivity index (χ0v) is 12.2. The number of rotatable bonds is 4. The minimum absolute atomic E-state index is 0.0257. The maximum absolute atomic E-state index is 9.68. The Morgan fingerprint density at radius 1 is 1.06 bits per heavy atom. The van der Waals surface area contributed by atoms with Gasteiger partial charge in [-0.25, -0.2) is 0 Å². The third kappa shape index (κ3) is 4.24. The zero-order chi connectivity index (χ0) is 13.0. The Balaban J connectivity index is 1.63. The Hall–Kier alpha value is -0.0800. The van der Waals surface area contributed by atoms with Gasteiger partial charge in [0.05, 0.1) is 6.10 Å². The van der Waals surface area contributed by atoms with Gasteiger partial charge in [0.25, 0.3) is 0 Å². The lowest BCUT2D eigenvalue weighted by Gasteiger charge is -2.33. The fraction of sp³-hybridized carbons (Fsp3) is 1.00.